The molecule has 1 aliphatic rings. The van der Waals surface area contributed by atoms with E-state index in [1.54, 1.807) is 6.92 Å². The van der Waals surface area contributed by atoms with Crippen molar-refractivity contribution in [3.05, 3.63) is 41.5 Å². The summed E-state index contributed by atoms with van der Waals surface area (Å²) in [5, 5.41) is 9.06. The van der Waals surface area contributed by atoms with Gasteiger partial charge >= 0.3 is 6.09 Å². The number of likely N-dealkylation sites (tertiary alicyclic amines) is 1. The highest BCUT2D eigenvalue weighted by atomic mass is 32.2. The molecule has 13 heteroatoms. The summed E-state index contributed by atoms with van der Waals surface area (Å²) in [6, 6.07) is 4.06. The lowest BCUT2D eigenvalue weighted by Crippen LogP contribution is -2.41. The number of nitrogens with one attached hydrogen (secondary N) is 1. The SMILES string of the molecule is CCC(=O)NS(=O)(=O)CCc1ccc(Oc2ncnc(OC3CCN(C(=O)O)CC3)c2C)c(F)c1. The Morgan fingerprint density at radius 2 is 1.91 bits per heavy atom. The molecule has 0 radical (unpaired) electrons. The lowest BCUT2D eigenvalue weighted by Gasteiger charge is -2.30. The number of carbonyl (C=O) groups is 2. The van der Waals surface area contributed by atoms with Gasteiger partial charge in [0.1, 0.15) is 12.4 Å². The highest BCUT2D eigenvalue weighted by molar-refractivity contribution is 7.90. The molecule has 2 heterocycles. The summed E-state index contributed by atoms with van der Waals surface area (Å²) < 4.78 is 52.0. The highest BCUT2D eigenvalue weighted by Gasteiger charge is 2.25. The number of hydrogen-bond donors (Lipinski definition) is 2. The molecule has 1 saturated heterocycles. The minimum absolute atomic E-state index is 0.00868. The Bertz CT molecular complexity index is 1180. The van der Waals surface area contributed by atoms with E-state index in [0.29, 0.717) is 37.1 Å². The fourth-order valence-corrected chi connectivity index (χ4v) is 4.50. The van der Waals surface area contributed by atoms with Gasteiger partial charge in [0.05, 0.1) is 11.3 Å². The Hall–Kier alpha value is -3.48. The number of piperidine rings is 1. The first kappa shape index (κ1) is 26.1. The summed E-state index contributed by atoms with van der Waals surface area (Å²) in [7, 11) is -3.81. The summed E-state index contributed by atoms with van der Waals surface area (Å²) in [5.74, 6) is -1.43. The standard InChI is InChI=1S/C22H27FN4O7S/c1-3-19(28)26-35(31,32)11-8-15-4-5-18(17(23)12-15)34-21-14(2)20(24-13-25-21)33-16-6-9-27(10-7-16)22(29)30/h4-5,12-13,16H,3,6-11H2,1-2H3,(H,26,28)(H,29,30). The molecule has 3 rings (SSSR count). The van der Waals surface area contributed by atoms with Crippen LogP contribution in [0.15, 0.2) is 24.5 Å². The molecule has 35 heavy (non-hydrogen) atoms. The molecule has 0 spiro atoms. The molecule has 2 N–H and O–H groups in total. The van der Waals surface area contributed by atoms with Crippen molar-refractivity contribution < 1.29 is 37.0 Å². The number of ether oxygens (including phenoxy) is 2. The molecule has 11 nitrogen and oxygen atoms in total. The number of halogens is 1. The molecule has 0 unspecified atom stereocenters. The molecule has 190 valence electrons. The third kappa shape index (κ3) is 7.25. The minimum atomic E-state index is -3.81. The fraction of sp³-hybridized carbons (Fsp3) is 0.455. The molecule has 1 aliphatic heterocycles. The molecule has 1 aromatic carbocycles. The first-order chi connectivity index (χ1) is 16.6. The van der Waals surface area contributed by atoms with Crippen LogP contribution in [0.25, 0.3) is 0 Å². The van der Waals surface area contributed by atoms with Gasteiger partial charge in [-0.15, -0.1) is 0 Å². The van der Waals surface area contributed by atoms with Crippen molar-refractivity contribution in [3.63, 3.8) is 0 Å². The average Bonchev–Trinajstić information content (AvgIpc) is 2.81. The van der Waals surface area contributed by atoms with E-state index in [9.17, 15) is 22.4 Å². The van der Waals surface area contributed by atoms with Gasteiger partial charge in [0.2, 0.25) is 27.7 Å². The molecule has 2 amide bonds. The zero-order valence-corrected chi connectivity index (χ0v) is 20.2. The maximum absolute atomic E-state index is 14.7. The summed E-state index contributed by atoms with van der Waals surface area (Å²) in [4.78, 5) is 31.8. The third-order valence-corrected chi connectivity index (χ3v) is 6.72. The Morgan fingerprint density at radius 1 is 1.23 bits per heavy atom. The molecule has 1 aromatic heterocycles. The van der Waals surface area contributed by atoms with Crippen LogP contribution in [-0.2, 0) is 21.2 Å². The Balaban J connectivity index is 1.63. The average molecular weight is 511 g/mol. The Morgan fingerprint density at radius 3 is 2.54 bits per heavy atom. The smallest absolute Gasteiger partial charge is 0.407 e. The number of benzene rings is 1. The minimum Gasteiger partial charge on any atom is -0.474 e. The van der Waals surface area contributed by atoms with Gasteiger partial charge in [-0.2, -0.15) is 0 Å². The van der Waals surface area contributed by atoms with Crippen LogP contribution in [0, 0.1) is 12.7 Å². The van der Waals surface area contributed by atoms with Gasteiger partial charge in [-0.3, -0.25) is 9.52 Å². The Kier molecular flexibility index (Phi) is 8.43. The molecule has 1 fully saturated rings. The van der Waals surface area contributed by atoms with Gasteiger partial charge < -0.3 is 19.5 Å². The van der Waals surface area contributed by atoms with Crippen molar-refractivity contribution in [2.45, 2.75) is 45.6 Å². The predicted molar refractivity (Wildman–Crippen MR) is 122 cm³/mol. The molecular weight excluding hydrogens is 483 g/mol. The second-order valence-corrected chi connectivity index (χ2v) is 9.85. The lowest BCUT2D eigenvalue weighted by atomic mass is 10.1. The fourth-order valence-electron chi connectivity index (χ4n) is 3.40. The van der Waals surface area contributed by atoms with E-state index in [4.69, 9.17) is 14.6 Å². The number of aromatic nitrogens is 2. The van der Waals surface area contributed by atoms with E-state index in [1.165, 1.54) is 30.3 Å². The van der Waals surface area contributed by atoms with Crippen LogP contribution in [0.1, 0.15) is 37.3 Å². The van der Waals surface area contributed by atoms with Crippen molar-refractivity contribution in [1.82, 2.24) is 19.6 Å². The van der Waals surface area contributed by atoms with Crippen LogP contribution in [0.2, 0.25) is 0 Å². The highest BCUT2D eigenvalue weighted by Crippen LogP contribution is 2.30. The zero-order valence-electron chi connectivity index (χ0n) is 19.4. The maximum atomic E-state index is 14.7. The molecular formula is C22H27FN4O7S. The molecule has 0 atom stereocenters. The van der Waals surface area contributed by atoms with Crippen LogP contribution < -0.4 is 14.2 Å². The zero-order chi connectivity index (χ0) is 25.6. The van der Waals surface area contributed by atoms with Crippen molar-refractivity contribution in [2.24, 2.45) is 0 Å². The number of hydrogen-bond acceptors (Lipinski definition) is 8. The van der Waals surface area contributed by atoms with Crippen LogP contribution in [0.4, 0.5) is 9.18 Å². The second-order valence-electron chi connectivity index (χ2n) is 8.01. The third-order valence-electron chi connectivity index (χ3n) is 5.44. The van der Waals surface area contributed by atoms with E-state index >= 15 is 0 Å². The van der Waals surface area contributed by atoms with Gasteiger partial charge in [-0.1, -0.05) is 13.0 Å². The topological polar surface area (TPSA) is 148 Å². The van der Waals surface area contributed by atoms with Gasteiger partial charge in [-0.05, 0) is 31.0 Å². The first-order valence-electron chi connectivity index (χ1n) is 11.0. The quantitative estimate of drug-likeness (QED) is 0.519. The van der Waals surface area contributed by atoms with E-state index in [0.717, 1.165) is 6.07 Å². The maximum Gasteiger partial charge on any atom is 0.407 e. The normalized spacial score (nSPS) is 14.4. The Labute approximate surface area is 202 Å². The van der Waals surface area contributed by atoms with E-state index < -0.39 is 27.8 Å². The molecule has 0 bridgehead atoms. The number of carbonyl (C=O) groups excluding carboxylic acids is 1. The predicted octanol–water partition coefficient (Wildman–Crippen LogP) is 2.64. The van der Waals surface area contributed by atoms with E-state index in [-0.39, 0.29) is 42.2 Å². The van der Waals surface area contributed by atoms with E-state index in [2.05, 4.69) is 9.97 Å². The summed E-state index contributed by atoms with van der Waals surface area (Å²) in [5.41, 5.74) is 0.870. The molecule has 0 saturated carbocycles. The molecule has 2 aromatic rings. The van der Waals surface area contributed by atoms with Gasteiger partial charge in [-0.25, -0.2) is 27.6 Å². The van der Waals surface area contributed by atoms with E-state index in [1.807, 2.05) is 4.72 Å². The van der Waals surface area contributed by atoms with Gasteiger partial charge in [0, 0.05) is 32.4 Å². The largest absolute Gasteiger partial charge is 0.474 e. The number of amides is 2. The van der Waals surface area contributed by atoms with Crippen molar-refractivity contribution in [3.8, 4) is 17.5 Å². The van der Waals surface area contributed by atoms with Gasteiger partial charge in [0.15, 0.2) is 11.6 Å². The summed E-state index contributed by atoms with van der Waals surface area (Å²) in [6.45, 7) is 3.92. The summed E-state index contributed by atoms with van der Waals surface area (Å²) >= 11 is 0. The number of rotatable bonds is 9. The monoisotopic (exact) mass is 510 g/mol. The number of nitrogens with zero attached hydrogens (tertiary/aromatic N) is 3. The van der Waals surface area contributed by atoms with Crippen molar-refractivity contribution >= 4 is 22.0 Å². The lowest BCUT2D eigenvalue weighted by molar-refractivity contribution is -0.119. The van der Waals surface area contributed by atoms with Crippen LogP contribution in [0.3, 0.4) is 0 Å². The number of aryl methyl sites for hydroxylation is 1. The van der Waals surface area contributed by atoms with Gasteiger partial charge in [0.25, 0.3) is 0 Å². The van der Waals surface area contributed by atoms with Crippen molar-refractivity contribution in [2.75, 3.05) is 18.8 Å². The first-order valence-corrected chi connectivity index (χ1v) is 12.7. The molecule has 0 aliphatic carbocycles. The number of carboxylic acid groups (broad SMARTS) is 1. The summed E-state index contributed by atoms with van der Waals surface area (Å²) in [6.07, 6.45) is 1.12. The van der Waals surface area contributed by atoms with Crippen LogP contribution >= 0.6 is 0 Å². The van der Waals surface area contributed by atoms with Crippen LogP contribution in [-0.4, -0.2) is 65.3 Å². The number of sulfonamides is 1. The van der Waals surface area contributed by atoms with Crippen LogP contribution in [0.5, 0.6) is 17.5 Å². The van der Waals surface area contributed by atoms with Crippen molar-refractivity contribution in [1.29, 1.82) is 0 Å². The second kappa shape index (κ2) is 11.3.